The Hall–Kier alpha value is -0.870. The van der Waals surface area contributed by atoms with Crippen molar-refractivity contribution in [2.45, 2.75) is 6.54 Å². The van der Waals surface area contributed by atoms with Crippen LogP contribution in [0, 0.1) is 0 Å². The Bertz CT molecular complexity index is 220. The van der Waals surface area contributed by atoms with Crippen LogP contribution in [0.25, 0.3) is 0 Å². The molecule has 0 atom stereocenters. The van der Waals surface area contributed by atoms with E-state index in [0.717, 1.165) is 4.88 Å². The quantitative estimate of drug-likeness (QED) is 0.716. The van der Waals surface area contributed by atoms with Crippen LogP contribution in [0.3, 0.4) is 0 Å². The first-order valence-electron chi connectivity index (χ1n) is 3.20. The van der Waals surface area contributed by atoms with Crippen molar-refractivity contribution >= 4 is 17.2 Å². The first-order valence-corrected chi connectivity index (χ1v) is 4.08. The highest BCUT2D eigenvalue weighted by molar-refractivity contribution is 7.09. The smallest absolute Gasteiger partial charge is 0.249 e. The first kappa shape index (κ1) is 8.23. The van der Waals surface area contributed by atoms with Gasteiger partial charge in [0.1, 0.15) is 0 Å². The van der Waals surface area contributed by atoms with E-state index in [9.17, 15) is 9.90 Å². The predicted octanol–water partition coefficient (Wildman–Crippen LogP) is 0.795. The maximum atomic E-state index is 10.5. The van der Waals surface area contributed by atoms with Gasteiger partial charge >= 0.3 is 0 Å². The lowest BCUT2D eigenvalue weighted by molar-refractivity contribution is -0.125. The van der Waals surface area contributed by atoms with Crippen LogP contribution in [0.2, 0.25) is 0 Å². The molecule has 0 aromatic carbocycles. The second-order valence-electron chi connectivity index (χ2n) is 2.00. The van der Waals surface area contributed by atoms with Crippen molar-refractivity contribution in [3.63, 3.8) is 0 Å². The molecule has 0 fully saturated rings. The van der Waals surface area contributed by atoms with Gasteiger partial charge in [0.15, 0.2) is 6.61 Å². The molecular weight excluding hydrogens is 162 g/mol. The highest BCUT2D eigenvalue weighted by Crippen LogP contribution is 2.06. The lowest BCUT2D eigenvalue weighted by Gasteiger charge is -1.97. The summed E-state index contributed by atoms with van der Waals surface area (Å²) in [6.07, 6.45) is 0. The van der Waals surface area contributed by atoms with Crippen molar-refractivity contribution in [2.75, 3.05) is 6.61 Å². The van der Waals surface area contributed by atoms with E-state index in [0.29, 0.717) is 6.54 Å². The van der Waals surface area contributed by atoms with E-state index in [2.05, 4.69) is 5.32 Å². The zero-order chi connectivity index (χ0) is 8.10. The van der Waals surface area contributed by atoms with Gasteiger partial charge in [0, 0.05) is 4.88 Å². The second kappa shape index (κ2) is 4.10. The molecule has 11 heavy (non-hydrogen) atoms. The third-order valence-corrected chi connectivity index (χ3v) is 2.05. The van der Waals surface area contributed by atoms with Gasteiger partial charge < -0.3 is 5.32 Å². The largest absolute Gasteiger partial charge is 0.349 e. The summed E-state index contributed by atoms with van der Waals surface area (Å²) in [6, 6.07) is 3.82. The van der Waals surface area contributed by atoms with Crippen molar-refractivity contribution < 1.29 is 9.90 Å². The Morgan fingerprint density at radius 2 is 2.45 bits per heavy atom. The van der Waals surface area contributed by atoms with Gasteiger partial charge in [-0.05, 0) is 11.4 Å². The molecule has 1 aromatic heterocycles. The highest BCUT2D eigenvalue weighted by Gasteiger charge is 1.98. The molecule has 1 aromatic rings. The molecular formula is C7H8NO2S. The van der Waals surface area contributed by atoms with Crippen molar-refractivity contribution in [2.24, 2.45) is 0 Å². The molecule has 0 bridgehead atoms. The van der Waals surface area contributed by atoms with Crippen molar-refractivity contribution in [1.82, 2.24) is 5.32 Å². The van der Waals surface area contributed by atoms with Gasteiger partial charge in [0.25, 0.3) is 0 Å². The molecule has 0 unspecified atom stereocenters. The number of hydrogen-bond donors (Lipinski definition) is 1. The summed E-state index contributed by atoms with van der Waals surface area (Å²) >= 11 is 1.56. The average Bonchev–Trinajstić information content (AvgIpc) is 2.52. The van der Waals surface area contributed by atoms with Gasteiger partial charge in [0.2, 0.25) is 5.91 Å². The van der Waals surface area contributed by atoms with Crippen molar-refractivity contribution in [3.05, 3.63) is 22.4 Å². The Labute approximate surface area is 68.7 Å². The molecule has 59 valence electrons. The van der Waals surface area contributed by atoms with Crippen LogP contribution in [0.5, 0.6) is 0 Å². The number of rotatable bonds is 3. The number of thiophene rings is 1. The predicted molar refractivity (Wildman–Crippen MR) is 41.7 cm³/mol. The van der Waals surface area contributed by atoms with Gasteiger partial charge in [-0.1, -0.05) is 6.07 Å². The van der Waals surface area contributed by atoms with E-state index in [1.54, 1.807) is 11.3 Å². The van der Waals surface area contributed by atoms with Gasteiger partial charge in [-0.25, -0.2) is 5.11 Å². The lowest BCUT2D eigenvalue weighted by Crippen LogP contribution is -2.24. The zero-order valence-electron chi connectivity index (χ0n) is 5.87. The minimum absolute atomic E-state index is 0.446. The normalized spacial score (nSPS) is 9.55. The average molecular weight is 170 g/mol. The number of amides is 1. The molecule has 3 nitrogen and oxygen atoms in total. The molecule has 1 N–H and O–H groups in total. The molecule has 0 saturated heterocycles. The summed E-state index contributed by atoms with van der Waals surface area (Å²) in [5.74, 6) is -0.446. The van der Waals surface area contributed by atoms with E-state index in [1.165, 1.54) is 0 Å². The van der Waals surface area contributed by atoms with Crippen molar-refractivity contribution in [1.29, 1.82) is 0 Å². The summed E-state index contributed by atoms with van der Waals surface area (Å²) in [5, 5.41) is 14.4. The van der Waals surface area contributed by atoms with Gasteiger partial charge in [-0.15, -0.1) is 11.3 Å². The molecule has 0 saturated carbocycles. The molecule has 1 rings (SSSR count). The van der Waals surface area contributed by atoms with E-state index in [4.69, 9.17) is 0 Å². The van der Waals surface area contributed by atoms with E-state index in [1.807, 2.05) is 17.5 Å². The van der Waals surface area contributed by atoms with Gasteiger partial charge in [0.05, 0.1) is 6.54 Å². The topological polar surface area (TPSA) is 49.0 Å². The minimum Gasteiger partial charge on any atom is -0.349 e. The molecule has 0 spiro atoms. The minimum atomic E-state index is -0.689. The standard InChI is InChI=1S/C7H8NO2S/c9-5-7(10)8-4-6-2-1-3-11-6/h1-3H,4-5H2,(H,8,10). The Kier molecular flexibility index (Phi) is 3.07. The molecule has 0 aliphatic heterocycles. The number of hydrogen-bond acceptors (Lipinski definition) is 2. The second-order valence-corrected chi connectivity index (χ2v) is 3.03. The SMILES string of the molecule is [O]CC(=O)NCc1cccs1. The molecule has 0 aliphatic carbocycles. The van der Waals surface area contributed by atoms with E-state index < -0.39 is 12.5 Å². The third kappa shape index (κ3) is 2.69. The monoisotopic (exact) mass is 170 g/mol. The van der Waals surface area contributed by atoms with Crippen LogP contribution >= 0.6 is 11.3 Å². The summed E-state index contributed by atoms with van der Waals surface area (Å²) in [5.41, 5.74) is 0. The first-order chi connectivity index (χ1) is 5.33. The van der Waals surface area contributed by atoms with Crippen LogP contribution in [0.4, 0.5) is 0 Å². The summed E-state index contributed by atoms with van der Waals surface area (Å²) in [6.45, 7) is -0.218. The van der Waals surface area contributed by atoms with E-state index in [-0.39, 0.29) is 0 Å². The lowest BCUT2D eigenvalue weighted by atomic mass is 10.4. The Morgan fingerprint density at radius 1 is 1.64 bits per heavy atom. The number of carbonyl (C=O) groups excluding carboxylic acids is 1. The maximum absolute atomic E-state index is 10.5. The molecule has 1 heterocycles. The fraction of sp³-hybridized carbons (Fsp3) is 0.286. The van der Waals surface area contributed by atoms with Crippen LogP contribution in [-0.4, -0.2) is 12.5 Å². The van der Waals surface area contributed by atoms with Crippen LogP contribution < -0.4 is 5.32 Å². The number of nitrogens with one attached hydrogen (secondary N) is 1. The highest BCUT2D eigenvalue weighted by atomic mass is 32.1. The fourth-order valence-electron chi connectivity index (χ4n) is 0.650. The molecule has 1 radical (unpaired) electrons. The Balaban J connectivity index is 2.29. The van der Waals surface area contributed by atoms with Crippen LogP contribution in [0.15, 0.2) is 17.5 Å². The van der Waals surface area contributed by atoms with E-state index >= 15 is 0 Å². The third-order valence-electron chi connectivity index (χ3n) is 1.17. The van der Waals surface area contributed by atoms with Crippen LogP contribution in [0.1, 0.15) is 4.88 Å². The summed E-state index contributed by atoms with van der Waals surface area (Å²) in [4.78, 5) is 11.5. The van der Waals surface area contributed by atoms with Crippen molar-refractivity contribution in [3.8, 4) is 0 Å². The Morgan fingerprint density at radius 3 is 3.00 bits per heavy atom. The zero-order valence-corrected chi connectivity index (χ0v) is 6.69. The van der Waals surface area contributed by atoms with Crippen LogP contribution in [-0.2, 0) is 16.4 Å². The van der Waals surface area contributed by atoms with Gasteiger partial charge in [-0.2, -0.15) is 0 Å². The maximum Gasteiger partial charge on any atom is 0.249 e. The molecule has 4 heteroatoms. The summed E-state index contributed by atoms with van der Waals surface area (Å²) < 4.78 is 0. The molecule has 0 aliphatic rings. The molecule has 1 amide bonds. The number of carbonyl (C=O) groups is 1. The fourth-order valence-corrected chi connectivity index (χ4v) is 1.29. The van der Waals surface area contributed by atoms with Gasteiger partial charge in [-0.3, -0.25) is 4.79 Å². The summed E-state index contributed by atoms with van der Waals surface area (Å²) in [7, 11) is 0.